The van der Waals surface area contributed by atoms with Crippen LogP contribution < -0.4 is 9.80 Å². The maximum atomic E-state index is 12.7. The van der Waals surface area contributed by atoms with Gasteiger partial charge in [-0.1, -0.05) is 0 Å². The third kappa shape index (κ3) is 6.14. The van der Waals surface area contributed by atoms with Gasteiger partial charge in [0.15, 0.2) is 0 Å². The number of non-ortho nitro benzene ring substituents is 1. The number of benzene rings is 2. The van der Waals surface area contributed by atoms with Gasteiger partial charge in [0.25, 0.3) is 5.69 Å². The Hall–Kier alpha value is -2.71. The van der Waals surface area contributed by atoms with Crippen LogP contribution in [-0.2, 0) is 0 Å². The van der Waals surface area contributed by atoms with Crippen LogP contribution in [0.25, 0.3) is 0 Å². The number of piperazine rings is 2. The molecule has 2 aliphatic heterocycles. The molecule has 8 heteroatoms. The standard InChI is InChI=1S/C11H15FN2.C11H15N3O2/c1-13-6-8-14(9-7-13)11-4-2-10(12)3-5-11;1-12-6-8-13(9-7-12)10-2-4-11(5-3-10)14(15)16/h2-5H,6-9H2,1H3;2-5H,6-9H2,1H3. The van der Waals surface area contributed by atoms with Crippen LogP contribution in [0.3, 0.4) is 0 Å². The van der Waals surface area contributed by atoms with Crippen molar-refractivity contribution in [2.45, 2.75) is 0 Å². The van der Waals surface area contributed by atoms with Gasteiger partial charge >= 0.3 is 0 Å². The van der Waals surface area contributed by atoms with Gasteiger partial charge in [0.1, 0.15) is 5.82 Å². The Balaban J connectivity index is 0.000000172. The summed E-state index contributed by atoms with van der Waals surface area (Å²) in [6, 6.07) is 13.5. The summed E-state index contributed by atoms with van der Waals surface area (Å²) >= 11 is 0. The second-order valence-electron chi connectivity index (χ2n) is 7.83. The minimum absolute atomic E-state index is 0.151. The third-order valence-corrected chi connectivity index (χ3v) is 5.62. The van der Waals surface area contributed by atoms with E-state index in [0.29, 0.717) is 0 Å². The molecular formula is C22H30FN5O2. The number of hydrogen-bond acceptors (Lipinski definition) is 6. The molecule has 2 aromatic carbocycles. The van der Waals surface area contributed by atoms with Crippen LogP contribution in [-0.4, -0.2) is 81.2 Å². The summed E-state index contributed by atoms with van der Waals surface area (Å²) in [6.45, 7) is 8.26. The van der Waals surface area contributed by atoms with Crippen molar-refractivity contribution in [1.29, 1.82) is 0 Å². The Kier molecular flexibility index (Phi) is 7.59. The fourth-order valence-electron chi connectivity index (χ4n) is 3.57. The molecule has 0 atom stereocenters. The molecule has 30 heavy (non-hydrogen) atoms. The molecule has 0 aliphatic carbocycles. The van der Waals surface area contributed by atoms with E-state index in [1.165, 1.54) is 12.1 Å². The van der Waals surface area contributed by atoms with Crippen molar-refractivity contribution in [2.75, 3.05) is 76.3 Å². The molecular weight excluding hydrogens is 385 g/mol. The van der Waals surface area contributed by atoms with Crippen LogP contribution in [0.15, 0.2) is 48.5 Å². The largest absolute Gasteiger partial charge is 0.369 e. The third-order valence-electron chi connectivity index (χ3n) is 5.62. The Morgan fingerprint density at radius 1 is 0.700 bits per heavy atom. The molecule has 0 amide bonds. The fourth-order valence-corrected chi connectivity index (χ4v) is 3.57. The molecule has 2 heterocycles. The highest BCUT2D eigenvalue weighted by atomic mass is 19.1. The Morgan fingerprint density at radius 2 is 1.07 bits per heavy atom. The average Bonchev–Trinajstić information content (AvgIpc) is 2.76. The summed E-state index contributed by atoms with van der Waals surface area (Å²) in [5.74, 6) is -0.164. The topological polar surface area (TPSA) is 56.1 Å². The molecule has 0 radical (unpaired) electrons. The summed E-state index contributed by atoms with van der Waals surface area (Å²) in [4.78, 5) is 19.3. The SMILES string of the molecule is CN1CCN(c2ccc(F)cc2)CC1.CN1CCN(c2ccc([N+](=O)[O-])cc2)CC1. The first-order valence-corrected chi connectivity index (χ1v) is 10.3. The summed E-state index contributed by atoms with van der Waals surface area (Å²) in [7, 11) is 4.23. The molecule has 2 aromatic rings. The summed E-state index contributed by atoms with van der Waals surface area (Å²) in [6.07, 6.45) is 0. The molecule has 2 saturated heterocycles. The molecule has 0 saturated carbocycles. The van der Waals surface area contributed by atoms with Crippen LogP contribution in [0.5, 0.6) is 0 Å². The van der Waals surface area contributed by atoms with Crippen molar-refractivity contribution >= 4 is 17.1 Å². The normalized spacial score (nSPS) is 18.0. The monoisotopic (exact) mass is 415 g/mol. The van der Waals surface area contributed by atoms with Crippen molar-refractivity contribution in [2.24, 2.45) is 0 Å². The van der Waals surface area contributed by atoms with Crippen molar-refractivity contribution < 1.29 is 9.31 Å². The average molecular weight is 416 g/mol. The highest BCUT2D eigenvalue weighted by molar-refractivity contribution is 5.51. The summed E-state index contributed by atoms with van der Waals surface area (Å²) in [5.41, 5.74) is 2.34. The van der Waals surface area contributed by atoms with Gasteiger partial charge in [0, 0.05) is 75.9 Å². The van der Waals surface area contributed by atoms with Gasteiger partial charge in [-0.25, -0.2) is 4.39 Å². The zero-order valence-corrected chi connectivity index (χ0v) is 17.7. The number of hydrogen-bond donors (Lipinski definition) is 0. The van der Waals surface area contributed by atoms with Crippen LogP contribution >= 0.6 is 0 Å². The van der Waals surface area contributed by atoms with Gasteiger partial charge in [-0.15, -0.1) is 0 Å². The molecule has 0 N–H and O–H groups in total. The van der Waals surface area contributed by atoms with Crippen molar-refractivity contribution in [1.82, 2.24) is 9.80 Å². The van der Waals surface area contributed by atoms with E-state index in [9.17, 15) is 14.5 Å². The van der Waals surface area contributed by atoms with Crippen molar-refractivity contribution in [3.8, 4) is 0 Å². The number of nitro benzene ring substituents is 1. The molecule has 162 valence electrons. The molecule has 4 rings (SSSR count). The molecule has 2 fully saturated rings. The van der Waals surface area contributed by atoms with E-state index in [1.54, 1.807) is 12.1 Å². The summed E-state index contributed by atoms with van der Waals surface area (Å²) < 4.78 is 12.7. The van der Waals surface area contributed by atoms with Crippen LogP contribution in [0.1, 0.15) is 0 Å². The molecule has 0 unspecified atom stereocenters. The van der Waals surface area contributed by atoms with Gasteiger partial charge < -0.3 is 19.6 Å². The number of likely N-dealkylation sites (N-methyl/N-ethyl adjacent to an activating group) is 2. The number of nitrogens with zero attached hydrogens (tertiary/aromatic N) is 5. The highest BCUT2D eigenvalue weighted by Gasteiger charge is 2.15. The van der Waals surface area contributed by atoms with E-state index in [-0.39, 0.29) is 16.4 Å². The zero-order chi connectivity index (χ0) is 21.5. The Morgan fingerprint density at radius 3 is 1.43 bits per heavy atom. The lowest BCUT2D eigenvalue weighted by Crippen LogP contribution is -2.44. The van der Waals surface area contributed by atoms with Gasteiger partial charge in [-0.2, -0.15) is 0 Å². The second kappa shape index (κ2) is 10.4. The van der Waals surface area contributed by atoms with Crippen LogP contribution in [0.4, 0.5) is 21.5 Å². The van der Waals surface area contributed by atoms with Gasteiger partial charge in [0.05, 0.1) is 4.92 Å². The van der Waals surface area contributed by atoms with Crippen LogP contribution in [0.2, 0.25) is 0 Å². The van der Waals surface area contributed by atoms with Crippen LogP contribution in [0, 0.1) is 15.9 Å². The zero-order valence-electron chi connectivity index (χ0n) is 17.7. The predicted octanol–water partition coefficient (Wildman–Crippen LogP) is 2.92. The van der Waals surface area contributed by atoms with Crippen molar-refractivity contribution in [3.63, 3.8) is 0 Å². The first-order valence-electron chi connectivity index (χ1n) is 10.3. The lowest BCUT2D eigenvalue weighted by atomic mass is 10.2. The van der Waals surface area contributed by atoms with Gasteiger partial charge in [-0.05, 0) is 50.5 Å². The predicted molar refractivity (Wildman–Crippen MR) is 119 cm³/mol. The molecule has 0 bridgehead atoms. The molecule has 2 aliphatic rings. The fraction of sp³-hybridized carbons (Fsp3) is 0.455. The highest BCUT2D eigenvalue weighted by Crippen LogP contribution is 2.20. The van der Waals surface area contributed by atoms with E-state index in [4.69, 9.17) is 0 Å². The first-order chi connectivity index (χ1) is 14.4. The van der Waals surface area contributed by atoms with Gasteiger partial charge in [0.2, 0.25) is 0 Å². The smallest absolute Gasteiger partial charge is 0.269 e. The number of anilines is 2. The van der Waals surface area contributed by atoms with Gasteiger partial charge in [-0.3, -0.25) is 10.1 Å². The maximum absolute atomic E-state index is 12.7. The lowest BCUT2D eigenvalue weighted by Gasteiger charge is -2.34. The van der Waals surface area contributed by atoms with E-state index in [1.807, 2.05) is 24.3 Å². The number of halogens is 1. The minimum atomic E-state index is -0.367. The van der Waals surface area contributed by atoms with E-state index in [2.05, 4.69) is 33.7 Å². The van der Waals surface area contributed by atoms with E-state index in [0.717, 1.165) is 63.7 Å². The molecule has 0 aromatic heterocycles. The number of nitro groups is 1. The Bertz CT molecular complexity index is 799. The maximum Gasteiger partial charge on any atom is 0.269 e. The summed E-state index contributed by atoms with van der Waals surface area (Å²) in [5, 5.41) is 10.5. The first kappa shape index (κ1) is 22.0. The minimum Gasteiger partial charge on any atom is -0.369 e. The van der Waals surface area contributed by atoms with E-state index >= 15 is 0 Å². The quantitative estimate of drug-likeness (QED) is 0.568. The molecule has 7 nitrogen and oxygen atoms in total. The van der Waals surface area contributed by atoms with E-state index < -0.39 is 0 Å². The lowest BCUT2D eigenvalue weighted by molar-refractivity contribution is -0.384. The second-order valence-corrected chi connectivity index (χ2v) is 7.83. The molecule has 0 spiro atoms. The van der Waals surface area contributed by atoms with Crippen molar-refractivity contribution in [3.05, 3.63) is 64.5 Å². The Labute approximate surface area is 177 Å². The number of rotatable bonds is 3.